The fraction of sp³-hybridized carbons (Fsp3) is 0.364. The van der Waals surface area contributed by atoms with E-state index in [0.29, 0.717) is 26.1 Å². The first-order valence-corrected chi connectivity index (χ1v) is 10.9. The number of thioether (sulfide) groups is 1. The normalized spacial score (nSPS) is 13.0. The molecule has 0 saturated carbocycles. The Hall–Kier alpha value is -1.94. The molecule has 0 spiro atoms. The lowest BCUT2D eigenvalue weighted by atomic mass is 10.0. The summed E-state index contributed by atoms with van der Waals surface area (Å²) in [7, 11) is 1.76. The van der Waals surface area contributed by atoms with Crippen LogP contribution in [-0.2, 0) is 17.8 Å². The zero-order chi connectivity index (χ0) is 20.6. The number of hydrogen-bond donors (Lipinski definition) is 3. The standard InChI is InChI=1S/C22H28N4O2S.HI/c1-15-4-5-17(20(12-15)29-3)14-25-22(23-2)24-10-11-28-18-7-8-19-16(13-18)6-9-21(27)26-19;/h4-5,7-8,12-13H,6,9-11,14H2,1-3H3,(H,26,27)(H2,23,24,25);1H. The van der Waals surface area contributed by atoms with Crippen LogP contribution in [-0.4, -0.2) is 38.3 Å². The smallest absolute Gasteiger partial charge is 0.224 e. The number of guanidine groups is 1. The molecule has 1 aliphatic heterocycles. The molecular formula is C22H29IN4O2S. The lowest BCUT2D eigenvalue weighted by Crippen LogP contribution is -2.39. The Morgan fingerprint density at radius 1 is 1.20 bits per heavy atom. The van der Waals surface area contributed by atoms with E-state index < -0.39 is 0 Å². The van der Waals surface area contributed by atoms with E-state index in [-0.39, 0.29) is 29.9 Å². The van der Waals surface area contributed by atoms with Gasteiger partial charge in [-0.25, -0.2) is 0 Å². The van der Waals surface area contributed by atoms with E-state index >= 15 is 0 Å². The fourth-order valence-electron chi connectivity index (χ4n) is 3.19. The van der Waals surface area contributed by atoms with Crippen LogP contribution in [0.1, 0.15) is 23.1 Å². The van der Waals surface area contributed by atoms with Crippen LogP contribution in [0.15, 0.2) is 46.3 Å². The van der Waals surface area contributed by atoms with Crippen LogP contribution < -0.4 is 20.7 Å². The Kier molecular flexibility index (Phi) is 9.77. The quantitative estimate of drug-likeness (QED) is 0.163. The first kappa shape index (κ1) is 24.3. The van der Waals surface area contributed by atoms with Gasteiger partial charge in [-0.1, -0.05) is 12.1 Å². The Bertz CT molecular complexity index is 905. The molecule has 0 atom stereocenters. The van der Waals surface area contributed by atoms with Crippen LogP contribution in [0.4, 0.5) is 5.69 Å². The van der Waals surface area contributed by atoms with Crippen molar-refractivity contribution in [3.05, 3.63) is 53.1 Å². The lowest BCUT2D eigenvalue weighted by molar-refractivity contribution is -0.116. The number of nitrogens with one attached hydrogen (secondary N) is 3. The molecule has 0 bridgehead atoms. The maximum absolute atomic E-state index is 11.4. The molecule has 2 aromatic carbocycles. The minimum absolute atomic E-state index is 0. The molecule has 0 saturated heterocycles. The number of aryl methyl sites for hydroxylation is 2. The highest BCUT2D eigenvalue weighted by Gasteiger charge is 2.15. The van der Waals surface area contributed by atoms with Crippen molar-refractivity contribution < 1.29 is 9.53 Å². The van der Waals surface area contributed by atoms with Gasteiger partial charge in [0.15, 0.2) is 5.96 Å². The molecule has 1 heterocycles. The summed E-state index contributed by atoms with van der Waals surface area (Å²) >= 11 is 1.75. The number of ether oxygens (including phenoxy) is 1. The number of amides is 1. The van der Waals surface area contributed by atoms with Gasteiger partial charge in [-0.15, -0.1) is 35.7 Å². The SMILES string of the molecule is CN=C(NCCOc1ccc2c(c1)CCC(=O)N2)NCc1ccc(C)cc1SC.I. The molecule has 1 amide bonds. The third-order valence-corrected chi connectivity index (χ3v) is 5.57. The monoisotopic (exact) mass is 540 g/mol. The number of carbonyl (C=O) groups excluding carboxylic acids is 1. The highest BCUT2D eigenvalue weighted by Crippen LogP contribution is 2.26. The Balaban J connectivity index is 0.00000320. The van der Waals surface area contributed by atoms with E-state index in [1.165, 1.54) is 16.0 Å². The first-order chi connectivity index (χ1) is 14.1. The third-order valence-electron chi connectivity index (χ3n) is 4.75. The van der Waals surface area contributed by atoms with E-state index in [1.54, 1.807) is 18.8 Å². The summed E-state index contributed by atoms with van der Waals surface area (Å²) in [6.07, 6.45) is 3.38. The molecule has 0 aromatic heterocycles. The third kappa shape index (κ3) is 6.80. The Morgan fingerprint density at radius 2 is 2.03 bits per heavy atom. The maximum Gasteiger partial charge on any atom is 0.224 e. The Labute approximate surface area is 199 Å². The number of hydrogen-bond acceptors (Lipinski definition) is 4. The molecule has 2 aromatic rings. The van der Waals surface area contributed by atoms with Gasteiger partial charge in [-0.2, -0.15) is 0 Å². The maximum atomic E-state index is 11.4. The van der Waals surface area contributed by atoms with Gasteiger partial charge in [0.05, 0.1) is 6.54 Å². The predicted octanol–water partition coefficient (Wildman–Crippen LogP) is 3.96. The molecular weight excluding hydrogens is 511 g/mol. The molecule has 0 aliphatic carbocycles. The summed E-state index contributed by atoms with van der Waals surface area (Å²) in [5.74, 6) is 1.63. The van der Waals surface area contributed by atoms with Crippen LogP contribution >= 0.6 is 35.7 Å². The molecule has 30 heavy (non-hydrogen) atoms. The molecule has 0 unspecified atom stereocenters. The van der Waals surface area contributed by atoms with Gasteiger partial charge < -0.3 is 20.7 Å². The van der Waals surface area contributed by atoms with E-state index in [0.717, 1.165) is 29.4 Å². The number of benzene rings is 2. The van der Waals surface area contributed by atoms with Crippen molar-refractivity contribution in [2.75, 3.05) is 31.8 Å². The first-order valence-electron chi connectivity index (χ1n) is 9.72. The van der Waals surface area contributed by atoms with E-state index in [2.05, 4.69) is 52.3 Å². The Morgan fingerprint density at radius 3 is 2.80 bits per heavy atom. The second-order valence-electron chi connectivity index (χ2n) is 6.88. The van der Waals surface area contributed by atoms with Gasteiger partial charge in [0.2, 0.25) is 5.91 Å². The number of halogens is 1. The molecule has 162 valence electrons. The minimum Gasteiger partial charge on any atom is -0.492 e. The van der Waals surface area contributed by atoms with Crippen LogP contribution in [0.5, 0.6) is 5.75 Å². The van der Waals surface area contributed by atoms with Crippen LogP contribution in [0.3, 0.4) is 0 Å². The second-order valence-corrected chi connectivity index (χ2v) is 7.73. The fourth-order valence-corrected chi connectivity index (χ4v) is 3.89. The van der Waals surface area contributed by atoms with Gasteiger partial charge in [-0.3, -0.25) is 9.79 Å². The molecule has 8 heteroatoms. The molecule has 3 rings (SSSR count). The highest BCUT2D eigenvalue weighted by molar-refractivity contribution is 14.0. The zero-order valence-electron chi connectivity index (χ0n) is 17.6. The van der Waals surface area contributed by atoms with Gasteiger partial charge in [0.1, 0.15) is 12.4 Å². The van der Waals surface area contributed by atoms with Gasteiger partial charge >= 0.3 is 0 Å². The lowest BCUT2D eigenvalue weighted by Gasteiger charge is -2.18. The van der Waals surface area contributed by atoms with Gasteiger partial charge in [0, 0.05) is 30.6 Å². The molecule has 0 fully saturated rings. The number of aliphatic imine (C=N–C) groups is 1. The molecule has 6 nitrogen and oxygen atoms in total. The number of anilines is 1. The summed E-state index contributed by atoms with van der Waals surface area (Å²) in [6, 6.07) is 12.3. The summed E-state index contributed by atoms with van der Waals surface area (Å²) in [6.45, 7) is 3.98. The number of carbonyl (C=O) groups is 1. The number of rotatable bonds is 7. The van der Waals surface area contributed by atoms with E-state index in [4.69, 9.17) is 4.74 Å². The number of nitrogens with zero attached hydrogens (tertiary/aromatic N) is 1. The second kappa shape index (κ2) is 12.0. The van der Waals surface area contributed by atoms with Crippen molar-refractivity contribution in [2.45, 2.75) is 31.2 Å². The van der Waals surface area contributed by atoms with Gasteiger partial charge in [-0.05, 0) is 60.6 Å². The molecule has 1 aliphatic rings. The predicted molar refractivity (Wildman–Crippen MR) is 135 cm³/mol. The average Bonchev–Trinajstić information content (AvgIpc) is 2.73. The summed E-state index contributed by atoms with van der Waals surface area (Å²) < 4.78 is 5.84. The largest absolute Gasteiger partial charge is 0.492 e. The van der Waals surface area contributed by atoms with Crippen molar-refractivity contribution in [3.8, 4) is 5.75 Å². The van der Waals surface area contributed by atoms with Crippen molar-refractivity contribution in [1.29, 1.82) is 0 Å². The number of fused-ring (bicyclic) bond motifs is 1. The minimum atomic E-state index is 0. The van der Waals surface area contributed by atoms with Crippen LogP contribution in [0.2, 0.25) is 0 Å². The van der Waals surface area contributed by atoms with Crippen molar-refractivity contribution in [2.24, 2.45) is 4.99 Å². The van der Waals surface area contributed by atoms with E-state index in [9.17, 15) is 4.79 Å². The van der Waals surface area contributed by atoms with Crippen LogP contribution in [0.25, 0.3) is 0 Å². The topological polar surface area (TPSA) is 74.8 Å². The summed E-state index contributed by atoms with van der Waals surface area (Å²) in [5.41, 5.74) is 4.53. The molecule has 3 N–H and O–H groups in total. The molecule has 0 radical (unpaired) electrons. The zero-order valence-corrected chi connectivity index (χ0v) is 20.7. The summed E-state index contributed by atoms with van der Waals surface area (Å²) in [5, 5.41) is 9.51. The van der Waals surface area contributed by atoms with Crippen molar-refractivity contribution in [1.82, 2.24) is 10.6 Å². The van der Waals surface area contributed by atoms with Crippen LogP contribution in [0, 0.1) is 6.92 Å². The van der Waals surface area contributed by atoms with Crippen molar-refractivity contribution in [3.63, 3.8) is 0 Å². The summed E-state index contributed by atoms with van der Waals surface area (Å²) in [4.78, 5) is 17.0. The van der Waals surface area contributed by atoms with E-state index in [1.807, 2.05) is 18.2 Å². The average molecular weight is 540 g/mol. The highest BCUT2D eigenvalue weighted by atomic mass is 127. The van der Waals surface area contributed by atoms with Gasteiger partial charge in [0.25, 0.3) is 0 Å². The van der Waals surface area contributed by atoms with Crippen molar-refractivity contribution >= 4 is 53.3 Å².